The van der Waals surface area contributed by atoms with E-state index in [0.29, 0.717) is 5.41 Å². The fourth-order valence-electron chi connectivity index (χ4n) is 3.94. The van der Waals surface area contributed by atoms with Gasteiger partial charge in [0.25, 0.3) is 0 Å². The Morgan fingerprint density at radius 1 is 1.00 bits per heavy atom. The SMILES string of the molecule is OC[C@@H](c1ccccc1)N1CC2(CCCCCC2)C1. The van der Waals surface area contributed by atoms with Crippen LogP contribution in [0.15, 0.2) is 30.3 Å². The highest BCUT2D eigenvalue weighted by atomic mass is 16.3. The van der Waals surface area contributed by atoms with E-state index in [1.165, 1.54) is 57.2 Å². The zero-order chi connectivity index (χ0) is 13.1. The molecule has 0 bridgehead atoms. The lowest BCUT2D eigenvalue weighted by Crippen LogP contribution is -2.57. The molecule has 2 fully saturated rings. The summed E-state index contributed by atoms with van der Waals surface area (Å²) in [5.74, 6) is 0. The Morgan fingerprint density at radius 2 is 1.63 bits per heavy atom. The fourth-order valence-corrected chi connectivity index (χ4v) is 3.94. The zero-order valence-electron chi connectivity index (χ0n) is 11.7. The van der Waals surface area contributed by atoms with E-state index in [1.54, 1.807) is 0 Å². The Kier molecular flexibility index (Phi) is 3.90. The minimum Gasteiger partial charge on any atom is -0.394 e. The van der Waals surface area contributed by atoms with Crippen LogP contribution in [-0.4, -0.2) is 29.7 Å². The number of nitrogens with zero attached hydrogens (tertiary/aromatic N) is 1. The molecule has 1 saturated heterocycles. The molecule has 19 heavy (non-hydrogen) atoms. The van der Waals surface area contributed by atoms with Gasteiger partial charge < -0.3 is 5.11 Å². The predicted octanol–water partition coefficient (Wildman–Crippen LogP) is 3.38. The summed E-state index contributed by atoms with van der Waals surface area (Å²) in [7, 11) is 0. The van der Waals surface area contributed by atoms with E-state index < -0.39 is 0 Å². The average Bonchev–Trinajstić information content (AvgIpc) is 2.66. The molecule has 3 rings (SSSR count). The summed E-state index contributed by atoms with van der Waals surface area (Å²) in [6, 6.07) is 10.7. The van der Waals surface area contributed by atoms with Crippen molar-refractivity contribution in [3.63, 3.8) is 0 Å². The molecule has 0 aromatic heterocycles. The molecule has 1 aromatic carbocycles. The van der Waals surface area contributed by atoms with E-state index in [9.17, 15) is 5.11 Å². The molecule has 1 N–H and O–H groups in total. The summed E-state index contributed by atoms with van der Waals surface area (Å²) in [5.41, 5.74) is 1.84. The summed E-state index contributed by atoms with van der Waals surface area (Å²) in [5, 5.41) is 9.72. The van der Waals surface area contributed by atoms with Crippen LogP contribution in [0.4, 0.5) is 0 Å². The van der Waals surface area contributed by atoms with E-state index in [1.807, 2.05) is 6.07 Å². The molecule has 2 nitrogen and oxygen atoms in total. The second-order valence-corrected chi connectivity index (χ2v) is 6.43. The van der Waals surface area contributed by atoms with E-state index >= 15 is 0 Å². The first-order chi connectivity index (χ1) is 9.33. The Bertz CT molecular complexity index is 387. The summed E-state index contributed by atoms with van der Waals surface area (Å²) in [6.45, 7) is 2.61. The standard InChI is InChI=1S/C17H25NO/c19-12-16(15-8-4-3-5-9-15)18-13-17(14-18)10-6-1-2-7-11-17/h3-5,8-9,16,19H,1-2,6-7,10-14H2/t16-/m0/s1. The van der Waals surface area contributed by atoms with Gasteiger partial charge in [-0.25, -0.2) is 0 Å². The van der Waals surface area contributed by atoms with Crippen molar-refractivity contribution >= 4 is 0 Å². The number of hydrogen-bond donors (Lipinski definition) is 1. The maximum absolute atomic E-state index is 9.72. The molecular weight excluding hydrogens is 234 g/mol. The van der Waals surface area contributed by atoms with Crippen molar-refractivity contribution in [2.24, 2.45) is 5.41 Å². The van der Waals surface area contributed by atoms with Crippen LogP contribution in [0.3, 0.4) is 0 Å². The molecule has 0 unspecified atom stereocenters. The highest BCUT2D eigenvalue weighted by Gasteiger charge is 2.44. The van der Waals surface area contributed by atoms with Crippen LogP contribution in [0, 0.1) is 5.41 Å². The van der Waals surface area contributed by atoms with E-state index in [-0.39, 0.29) is 12.6 Å². The summed E-state index contributed by atoms with van der Waals surface area (Å²) < 4.78 is 0. The van der Waals surface area contributed by atoms with Gasteiger partial charge in [-0.15, -0.1) is 0 Å². The third-order valence-electron chi connectivity index (χ3n) is 5.04. The number of aliphatic hydroxyl groups excluding tert-OH is 1. The third kappa shape index (κ3) is 2.70. The highest BCUT2D eigenvalue weighted by Crippen LogP contribution is 2.45. The Balaban J connectivity index is 1.65. The van der Waals surface area contributed by atoms with Crippen molar-refractivity contribution in [3.8, 4) is 0 Å². The van der Waals surface area contributed by atoms with Crippen molar-refractivity contribution < 1.29 is 5.11 Å². The van der Waals surface area contributed by atoms with Crippen molar-refractivity contribution in [3.05, 3.63) is 35.9 Å². The zero-order valence-corrected chi connectivity index (χ0v) is 11.7. The number of aliphatic hydroxyl groups is 1. The van der Waals surface area contributed by atoms with Crippen LogP contribution in [-0.2, 0) is 0 Å². The van der Waals surface area contributed by atoms with Gasteiger partial charge in [0.15, 0.2) is 0 Å². The van der Waals surface area contributed by atoms with Gasteiger partial charge in [-0.2, -0.15) is 0 Å². The molecule has 1 aliphatic carbocycles. The van der Waals surface area contributed by atoms with Crippen LogP contribution in [0.2, 0.25) is 0 Å². The predicted molar refractivity (Wildman–Crippen MR) is 78.0 cm³/mol. The molecule has 1 aliphatic heterocycles. The first-order valence-corrected chi connectivity index (χ1v) is 7.73. The van der Waals surface area contributed by atoms with Gasteiger partial charge in [-0.3, -0.25) is 4.90 Å². The lowest BCUT2D eigenvalue weighted by Gasteiger charge is -2.53. The third-order valence-corrected chi connectivity index (χ3v) is 5.04. The van der Waals surface area contributed by atoms with Crippen molar-refractivity contribution in [1.82, 2.24) is 4.90 Å². The minimum atomic E-state index is 0.204. The van der Waals surface area contributed by atoms with Gasteiger partial charge in [0.05, 0.1) is 12.6 Å². The lowest BCUT2D eigenvalue weighted by atomic mass is 9.72. The highest BCUT2D eigenvalue weighted by molar-refractivity contribution is 5.20. The monoisotopic (exact) mass is 259 g/mol. The molecule has 0 amide bonds. The molecular formula is C17H25NO. The van der Waals surface area contributed by atoms with E-state index in [0.717, 1.165) is 0 Å². The van der Waals surface area contributed by atoms with Crippen molar-refractivity contribution in [1.29, 1.82) is 0 Å². The Labute approximate surface area is 116 Å². The summed E-state index contributed by atoms with van der Waals surface area (Å²) >= 11 is 0. The van der Waals surface area contributed by atoms with Gasteiger partial charge in [0.1, 0.15) is 0 Å². The normalized spacial score (nSPS) is 24.7. The maximum Gasteiger partial charge on any atom is 0.0628 e. The second kappa shape index (κ2) is 5.64. The smallest absolute Gasteiger partial charge is 0.0628 e. The van der Waals surface area contributed by atoms with Gasteiger partial charge in [-0.05, 0) is 23.8 Å². The molecule has 104 valence electrons. The van der Waals surface area contributed by atoms with Gasteiger partial charge >= 0.3 is 0 Å². The van der Waals surface area contributed by atoms with Gasteiger partial charge in [0.2, 0.25) is 0 Å². The first-order valence-electron chi connectivity index (χ1n) is 7.73. The fraction of sp³-hybridized carbons (Fsp3) is 0.647. The summed E-state index contributed by atoms with van der Waals surface area (Å²) in [6.07, 6.45) is 8.45. The average molecular weight is 259 g/mol. The molecule has 1 spiro atoms. The molecule has 2 aliphatic rings. The molecule has 1 heterocycles. The van der Waals surface area contributed by atoms with E-state index in [2.05, 4.69) is 29.2 Å². The largest absolute Gasteiger partial charge is 0.394 e. The lowest BCUT2D eigenvalue weighted by molar-refractivity contribution is -0.0561. The van der Waals surface area contributed by atoms with Gasteiger partial charge in [-0.1, -0.05) is 56.0 Å². The van der Waals surface area contributed by atoms with E-state index in [4.69, 9.17) is 0 Å². The molecule has 1 saturated carbocycles. The Hall–Kier alpha value is -0.860. The number of rotatable bonds is 3. The van der Waals surface area contributed by atoms with Gasteiger partial charge in [0, 0.05) is 13.1 Å². The number of likely N-dealkylation sites (tertiary alicyclic amines) is 1. The quantitative estimate of drug-likeness (QED) is 0.899. The molecule has 1 atom stereocenters. The van der Waals surface area contributed by atoms with Crippen LogP contribution in [0.1, 0.15) is 50.1 Å². The van der Waals surface area contributed by atoms with Crippen LogP contribution in [0.5, 0.6) is 0 Å². The number of benzene rings is 1. The van der Waals surface area contributed by atoms with Crippen LogP contribution in [0.25, 0.3) is 0 Å². The maximum atomic E-state index is 9.72. The van der Waals surface area contributed by atoms with Crippen molar-refractivity contribution in [2.75, 3.05) is 19.7 Å². The summed E-state index contributed by atoms with van der Waals surface area (Å²) in [4.78, 5) is 2.47. The van der Waals surface area contributed by atoms with Crippen LogP contribution < -0.4 is 0 Å². The second-order valence-electron chi connectivity index (χ2n) is 6.43. The Morgan fingerprint density at radius 3 is 2.21 bits per heavy atom. The molecule has 1 aromatic rings. The van der Waals surface area contributed by atoms with Crippen LogP contribution >= 0.6 is 0 Å². The number of hydrogen-bond acceptors (Lipinski definition) is 2. The first kappa shape index (κ1) is 13.1. The molecule has 0 radical (unpaired) electrons. The van der Waals surface area contributed by atoms with Crippen molar-refractivity contribution in [2.45, 2.75) is 44.6 Å². The molecule has 2 heteroatoms. The topological polar surface area (TPSA) is 23.5 Å². The minimum absolute atomic E-state index is 0.204.